The van der Waals surface area contributed by atoms with Crippen LogP contribution in [0, 0.1) is 6.92 Å². The number of hydrogen-bond donors (Lipinski definition) is 1. The lowest BCUT2D eigenvalue weighted by Crippen LogP contribution is -1.95. The summed E-state index contributed by atoms with van der Waals surface area (Å²) >= 11 is 3.46. The van der Waals surface area contributed by atoms with Crippen molar-refractivity contribution >= 4 is 15.9 Å². The van der Waals surface area contributed by atoms with Gasteiger partial charge >= 0.3 is 0 Å². The molecular weight excluding hydrogens is 278 g/mol. The Morgan fingerprint density at radius 3 is 2.29 bits per heavy atom. The molecule has 0 saturated heterocycles. The van der Waals surface area contributed by atoms with E-state index in [1.54, 1.807) is 0 Å². The van der Waals surface area contributed by atoms with Crippen molar-refractivity contribution in [1.82, 2.24) is 0 Å². The van der Waals surface area contributed by atoms with Crippen molar-refractivity contribution in [2.45, 2.75) is 13.5 Å². The van der Waals surface area contributed by atoms with Crippen LogP contribution in [0.15, 0.2) is 46.9 Å². The lowest BCUT2D eigenvalue weighted by Gasteiger charge is -2.07. The summed E-state index contributed by atoms with van der Waals surface area (Å²) in [5.74, 6) is 1.66. The largest absolute Gasteiger partial charge is 0.457 e. The second-order valence-corrected chi connectivity index (χ2v) is 4.72. The maximum absolute atomic E-state index is 5.75. The average Bonchev–Trinajstić information content (AvgIpc) is 2.35. The number of aryl methyl sites for hydroxylation is 1. The van der Waals surface area contributed by atoms with Gasteiger partial charge in [-0.25, -0.2) is 0 Å². The zero-order valence-corrected chi connectivity index (χ0v) is 11.2. The highest BCUT2D eigenvalue weighted by Gasteiger charge is 2.00. The minimum absolute atomic E-state index is 0.553. The molecule has 0 bridgehead atoms. The van der Waals surface area contributed by atoms with Gasteiger partial charge in [0.05, 0.1) is 0 Å². The molecule has 0 unspecified atom stereocenters. The highest BCUT2D eigenvalue weighted by Crippen LogP contribution is 2.26. The Kier molecular flexibility index (Phi) is 3.82. The average molecular weight is 292 g/mol. The molecule has 3 heteroatoms. The van der Waals surface area contributed by atoms with E-state index in [9.17, 15) is 0 Å². The van der Waals surface area contributed by atoms with Gasteiger partial charge in [-0.1, -0.05) is 28.1 Å². The van der Waals surface area contributed by atoms with Gasteiger partial charge in [0.1, 0.15) is 11.5 Å². The second-order valence-electron chi connectivity index (χ2n) is 3.86. The minimum atomic E-state index is 0.553. The summed E-state index contributed by atoms with van der Waals surface area (Å²) in [5, 5.41) is 0. The molecule has 0 fully saturated rings. The van der Waals surface area contributed by atoms with E-state index in [-0.39, 0.29) is 0 Å². The number of halogens is 1. The van der Waals surface area contributed by atoms with E-state index in [0.717, 1.165) is 27.1 Å². The molecule has 0 radical (unpaired) electrons. The molecule has 0 heterocycles. The molecule has 2 aromatic rings. The lowest BCUT2D eigenvalue weighted by atomic mass is 10.2. The van der Waals surface area contributed by atoms with Crippen LogP contribution in [0.1, 0.15) is 11.1 Å². The standard InChI is InChI=1S/C14H14BrNO/c1-10-8-13(6-7-14(10)15)17-12-4-2-11(9-16)3-5-12/h2-8H,9,16H2,1H3. The predicted octanol–water partition coefficient (Wildman–Crippen LogP) is 4.01. The summed E-state index contributed by atoms with van der Waals surface area (Å²) in [5.41, 5.74) is 7.80. The fraction of sp³-hybridized carbons (Fsp3) is 0.143. The quantitative estimate of drug-likeness (QED) is 0.927. The molecule has 2 aromatic carbocycles. The molecule has 0 aliphatic rings. The van der Waals surface area contributed by atoms with Crippen LogP contribution in [0.4, 0.5) is 0 Å². The molecule has 88 valence electrons. The van der Waals surface area contributed by atoms with Crippen LogP contribution in [0.3, 0.4) is 0 Å². The van der Waals surface area contributed by atoms with E-state index in [4.69, 9.17) is 10.5 Å². The molecule has 2 N–H and O–H groups in total. The first-order valence-electron chi connectivity index (χ1n) is 5.42. The van der Waals surface area contributed by atoms with Gasteiger partial charge in [0.2, 0.25) is 0 Å². The van der Waals surface area contributed by atoms with E-state index in [1.165, 1.54) is 0 Å². The third kappa shape index (κ3) is 3.08. The van der Waals surface area contributed by atoms with Crippen LogP contribution in [0.5, 0.6) is 11.5 Å². The van der Waals surface area contributed by atoms with E-state index >= 15 is 0 Å². The van der Waals surface area contributed by atoms with E-state index in [2.05, 4.69) is 15.9 Å². The summed E-state index contributed by atoms with van der Waals surface area (Å²) in [6, 6.07) is 13.7. The maximum atomic E-state index is 5.75. The van der Waals surface area contributed by atoms with Crippen molar-refractivity contribution < 1.29 is 4.74 Å². The van der Waals surface area contributed by atoms with Gasteiger partial charge in [0.25, 0.3) is 0 Å². The summed E-state index contributed by atoms with van der Waals surface area (Å²) in [4.78, 5) is 0. The van der Waals surface area contributed by atoms with Crippen molar-refractivity contribution in [3.63, 3.8) is 0 Å². The molecule has 0 aliphatic carbocycles. The molecule has 0 saturated carbocycles. The normalized spacial score (nSPS) is 10.3. The second kappa shape index (κ2) is 5.34. The zero-order valence-electron chi connectivity index (χ0n) is 9.61. The summed E-state index contributed by atoms with van der Waals surface area (Å²) in [6.45, 7) is 2.59. The molecule has 0 aliphatic heterocycles. The third-order valence-electron chi connectivity index (χ3n) is 2.52. The Morgan fingerprint density at radius 2 is 1.71 bits per heavy atom. The smallest absolute Gasteiger partial charge is 0.127 e. The first kappa shape index (κ1) is 12.1. The van der Waals surface area contributed by atoms with Gasteiger partial charge in [0.15, 0.2) is 0 Å². The van der Waals surface area contributed by atoms with Crippen molar-refractivity contribution in [1.29, 1.82) is 0 Å². The van der Waals surface area contributed by atoms with Crippen LogP contribution in [0.2, 0.25) is 0 Å². The molecule has 0 atom stereocenters. The topological polar surface area (TPSA) is 35.2 Å². The van der Waals surface area contributed by atoms with Gasteiger partial charge in [-0.2, -0.15) is 0 Å². The number of rotatable bonds is 3. The first-order valence-corrected chi connectivity index (χ1v) is 6.21. The summed E-state index contributed by atoms with van der Waals surface area (Å²) in [6.07, 6.45) is 0. The van der Waals surface area contributed by atoms with Crippen molar-refractivity contribution in [2.24, 2.45) is 5.73 Å². The molecule has 0 spiro atoms. The van der Waals surface area contributed by atoms with Crippen molar-refractivity contribution in [2.75, 3.05) is 0 Å². The van der Waals surface area contributed by atoms with Gasteiger partial charge < -0.3 is 10.5 Å². The molecule has 17 heavy (non-hydrogen) atoms. The van der Waals surface area contributed by atoms with E-state index in [1.807, 2.05) is 49.4 Å². The fourth-order valence-electron chi connectivity index (χ4n) is 1.51. The highest BCUT2D eigenvalue weighted by atomic mass is 79.9. The molecule has 0 aromatic heterocycles. The van der Waals surface area contributed by atoms with Crippen LogP contribution in [-0.2, 0) is 6.54 Å². The summed E-state index contributed by atoms with van der Waals surface area (Å²) < 4.78 is 6.84. The number of ether oxygens (including phenoxy) is 1. The molecular formula is C14H14BrNO. The minimum Gasteiger partial charge on any atom is -0.457 e. The Morgan fingerprint density at radius 1 is 1.06 bits per heavy atom. The van der Waals surface area contributed by atoms with Gasteiger partial charge in [-0.15, -0.1) is 0 Å². The fourth-order valence-corrected chi connectivity index (χ4v) is 1.76. The van der Waals surface area contributed by atoms with E-state index in [0.29, 0.717) is 6.54 Å². The zero-order chi connectivity index (χ0) is 12.3. The Hall–Kier alpha value is -1.32. The van der Waals surface area contributed by atoms with Crippen LogP contribution in [0.25, 0.3) is 0 Å². The Balaban J connectivity index is 2.16. The number of benzene rings is 2. The van der Waals surface area contributed by atoms with Crippen LogP contribution < -0.4 is 10.5 Å². The van der Waals surface area contributed by atoms with E-state index < -0.39 is 0 Å². The lowest BCUT2D eigenvalue weighted by molar-refractivity contribution is 0.482. The third-order valence-corrected chi connectivity index (χ3v) is 3.41. The predicted molar refractivity (Wildman–Crippen MR) is 73.3 cm³/mol. The van der Waals surface area contributed by atoms with Gasteiger partial charge in [0, 0.05) is 11.0 Å². The molecule has 2 rings (SSSR count). The number of hydrogen-bond acceptors (Lipinski definition) is 2. The van der Waals surface area contributed by atoms with Crippen LogP contribution >= 0.6 is 15.9 Å². The number of nitrogens with two attached hydrogens (primary N) is 1. The monoisotopic (exact) mass is 291 g/mol. The Labute approximate surface area is 110 Å². The SMILES string of the molecule is Cc1cc(Oc2ccc(CN)cc2)ccc1Br. The van der Waals surface area contributed by atoms with Gasteiger partial charge in [-0.3, -0.25) is 0 Å². The molecule has 2 nitrogen and oxygen atoms in total. The first-order chi connectivity index (χ1) is 8.19. The maximum Gasteiger partial charge on any atom is 0.127 e. The summed E-state index contributed by atoms with van der Waals surface area (Å²) in [7, 11) is 0. The van der Waals surface area contributed by atoms with Crippen molar-refractivity contribution in [3.05, 3.63) is 58.1 Å². The van der Waals surface area contributed by atoms with Crippen LogP contribution in [-0.4, -0.2) is 0 Å². The highest BCUT2D eigenvalue weighted by molar-refractivity contribution is 9.10. The van der Waals surface area contributed by atoms with Crippen molar-refractivity contribution in [3.8, 4) is 11.5 Å². The van der Waals surface area contributed by atoms with Gasteiger partial charge in [-0.05, 0) is 48.4 Å². The Bertz CT molecular complexity index is 508. The molecule has 0 amide bonds.